The third kappa shape index (κ3) is 4.37. The summed E-state index contributed by atoms with van der Waals surface area (Å²) in [6.07, 6.45) is -2.78. The molecule has 96 valence electrons. The second kappa shape index (κ2) is 5.93. The van der Waals surface area contributed by atoms with Crippen LogP contribution in [0, 0.1) is 0 Å². The Morgan fingerprint density at radius 1 is 1.47 bits per heavy atom. The van der Waals surface area contributed by atoms with Crippen LogP contribution in [0.4, 0.5) is 13.2 Å². The SMILES string of the molecule is CCC(N)C(Sc1ccc(Cl)cn1)C(F)(F)F. The van der Waals surface area contributed by atoms with E-state index in [1.807, 2.05) is 0 Å². The van der Waals surface area contributed by atoms with E-state index in [2.05, 4.69) is 4.98 Å². The Hall–Kier alpha value is -0.460. The summed E-state index contributed by atoms with van der Waals surface area (Å²) in [6, 6.07) is 2.01. The van der Waals surface area contributed by atoms with E-state index in [0.717, 1.165) is 0 Å². The van der Waals surface area contributed by atoms with Crippen LogP contribution in [0.2, 0.25) is 5.02 Å². The summed E-state index contributed by atoms with van der Waals surface area (Å²) >= 11 is 6.23. The Bertz CT molecular complexity index is 356. The zero-order valence-electron chi connectivity index (χ0n) is 9.04. The van der Waals surface area contributed by atoms with E-state index in [1.54, 1.807) is 6.92 Å². The van der Waals surface area contributed by atoms with Gasteiger partial charge < -0.3 is 5.73 Å². The van der Waals surface area contributed by atoms with Crippen molar-refractivity contribution in [2.45, 2.75) is 35.8 Å². The van der Waals surface area contributed by atoms with Crippen molar-refractivity contribution in [2.75, 3.05) is 0 Å². The van der Waals surface area contributed by atoms with E-state index >= 15 is 0 Å². The molecule has 1 aromatic heterocycles. The minimum atomic E-state index is -4.35. The topological polar surface area (TPSA) is 38.9 Å². The van der Waals surface area contributed by atoms with Gasteiger partial charge >= 0.3 is 6.18 Å². The third-order valence-electron chi connectivity index (χ3n) is 2.13. The first-order chi connectivity index (χ1) is 7.84. The molecule has 0 aliphatic rings. The molecule has 1 rings (SSSR count). The van der Waals surface area contributed by atoms with Gasteiger partial charge in [-0.3, -0.25) is 0 Å². The van der Waals surface area contributed by atoms with E-state index in [0.29, 0.717) is 16.8 Å². The quantitative estimate of drug-likeness (QED) is 0.860. The number of pyridine rings is 1. The fourth-order valence-electron chi connectivity index (χ4n) is 1.17. The first kappa shape index (κ1) is 14.6. The van der Waals surface area contributed by atoms with E-state index < -0.39 is 17.5 Å². The zero-order chi connectivity index (χ0) is 13.1. The average Bonchev–Trinajstić information content (AvgIpc) is 2.25. The van der Waals surface area contributed by atoms with Crippen molar-refractivity contribution in [3.8, 4) is 0 Å². The van der Waals surface area contributed by atoms with Crippen molar-refractivity contribution in [3.63, 3.8) is 0 Å². The molecule has 0 aliphatic heterocycles. The maximum atomic E-state index is 12.8. The lowest BCUT2D eigenvalue weighted by molar-refractivity contribution is -0.132. The maximum Gasteiger partial charge on any atom is 0.402 e. The van der Waals surface area contributed by atoms with Crippen molar-refractivity contribution < 1.29 is 13.2 Å². The number of aromatic nitrogens is 1. The van der Waals surface area contributed by atoms with Gasteiger partial charge in [-0.25, -0.2) is 4.98 Å². The van der Waals surface area contributed by atoms with Crippen molar-refractivity contribution >= 4 is 23.4 Å². The largest absolute Gasteiger partial charge is 0.402 e. The molecule has 2 atom stereocenters. The van der Waals surface area contributed by atoms with Gasteiger partial charge in [0.2, 0.25) is 0 Å². The van der Waals surface area contributed by atoms with Crippen LogP contribution in [0.1, 0.15) is 13.3 Å². The Morgan fingerprint density at radius 2 is 2.12 bits per heavy atom. The van der Waals surface area contributed by atoms with E-state index in [-0.39, 0.29) is 11.4 Å². The second-order valence-corrected chi connectivity index (χ2v) is 5.07. The highest BCUT2D eigenvalue weighted by atomic mass is 35.5. The number of halogens is 4. The van der Waals surface area contributed by atoms with Gasteiger partial charge in [0.15, 0.2) is 0 Å². The number of hydrogen-bond acceptors (Lipinski definition) is 3. The fourth-order valence-corrected chi connectivity index (χ4v) is 2.31. The Labute approximate surface area is 107 Å². The molecule has 2 N–H and O–H groups in total. The summed E-state index contributed by atoms with van der Waals surface area (Å²) in [7, 11) is 0. The smallest absolute Gasteiger partial charge is 0.326 e. The molecule has 2 unspecified atom stereocenters. The fraction of sp³-hybridized carbons (Fsp3) is 0.500. The Morgan fingerprint density at radius 3 is 2.53 bits per heavy atom. The van der Waals surface area contributed by atoms with Crippen LogP contribution < -0.4 is 5.73 Å². The average molecular weight is 285 g/mol. The molecule has 0 amide bonds. The molecule has 2 nitrogen and oxygen atoms in total. The highest BCUT2D eigenvalue weighted by Gasteiger charge is 2.43. The lowest BCUT2D eigenvalue weighted by Gasteiger charge is -2.24. The van der Waals surface area contributed by atoms with Gasteiger partial charge in [0.05, 0.1) is 10.0 Å². The summed E-state index contributed by atoms with van der Waals surface area (Å²) < 4.78 is 38.3. The number of nitrogens with zero attached hydrogens (tertiary/aromatic N) is 1. The molecular formula is C10H12ClF3N2S. The molecule has 7 heteroatoms. The maximum absolute atomic E-state index is 12.8. The number of nitrogens with two attached hydrogens (primary N) is 1. The van der Waals surface area contributed by atoms with Crippen LogP contribution in [0.3, 0.4) is 0 Å². The predicted octanol–water partition coefficient (Wildman–Crippen LogP) is 3.50. The summed E-state index contributed by atoms with van der Waals surface area (Å²) in [4.78, 5) is 3.82. The van der Waals surface area contributed by atoms with Gasteiger partial charge in [-0.2, -0.15) is 13.2 Å². The molecule has 17 heavy (non-hydrogen) atoms. The van der Waals surface area contributed by atoms with Crippen LogP contribution in [-0.4, -0.2) is 22.5 Å². The molecule has 0 saturated carbocycles. The number of hydrogen-bond donors (Lipinski definition) is 1. The molecule has 0 aromatic carbocycles. The molecule has 0 radical (unpaired) electrons. The summed E-state index contributed by atoms with van der Waals surface area (Å²) in [5.41, 5.74) is 5.49. The molecule has 1 heterocycles. The molecule has 0 spiro atoms. The predicted molar refractivity (Wildman–Crippen MR) is 63.2 cm³/mol. The number of alkyl halides is 3. The molecular weight excluding hydrogens is 273 g/mol. The molecule has 0 fully saturated rings. The molecule has 0 saturated heterocycles. The third-order valence-corrected chi connectivity index (χ3v) is 3.71. The van der Waals surface area contributed by atoms with Gasteiger partial charge in [-0.05, 0) is 18.6 Å². The van der Waals surface area contributed by atoms with Gasteiger partial charge in [0.1, 0.15) is 5.25 Å². The van der Waals surface area contributed by atoms with Crippen molar-refractivity contribution in [2.24, 2.45) is 5.73 Å². The molecule has 0 bridgehead atoms. The summed E-state index contributed by atoms with van der Waals surface area (Å²) in [5.74, 6) is 0. The minimum Gasteiger partial charge on any atom is -0.326 e. The first-order valence-electron chi connectivity index (χ1n) is 4.95. The van der Waals surface area contributed by atoms with Crippen molar-refractivity contribution in [3.05, 3.63) is 23.4 Å². The highest BCUT2D eigenvalue weighted by molar-refractivity contribution is 8.00. The zero-order valence-corrected chi connectivity index (χ0v) is 10.6. The highest BCUT2D eigenvalue weighted by Crippen LogP contribution is 2.36. The van der Waals surface area contributed by atoms with Crippen LogP contribution in [0.15, 0.2) is 23.4 Å². The van der Waals surface area contributed by atoms with E-state index in [9.17, 15) is 13.2 Å². The molecule has 1 aromatic rings. The minimum absolute atomic E-state index is 0.255. The second-order valence-electron chi connectivity index (χ2n) is 3.47. The van der Waals surface area contributed by atoms with Crippen molar-refractivity contribution in [1.29, 1.82) is 0 Å². The standard InChI is InChI=1S/C10H12ClF3N2S/c1-2-7(15)9(10(12,13)14)17-8-4-3-6(11)5-16-8/h3-5,7,9H,2,15H2,1H3. The monoisotopic (exact) mass is 284 g/mol. The Kier molecular flexibility index (Phi) is 5.09. The number of thioether (sulfide) groups is 1. The lowest BCUT2D eigenvalue weighted by atomic mass is 10.1. The van der Waals surface area contributed by atoms with Crippen LogP contribution >= 0.6 is 23.4 Å². The van der Waals surface area contributed by atoms with Crippen molar-refractivity contribution in [1.82, 2.24) is 4.98 Å². The first-order valence-corrected chi connectivity index (χ1v) is 6.21. The van der Waals surface area contributed by atoms with E-state index in [1.165, 1.54) is 18.3 Å². The normalized spacial score (nSPS) is 15.6. The van der Waals surface area contributed by atoms with Crippen LogP contribution in [-0.2, 0) is 0 Å². The van der Waals surface area contributed by atoms with Gasteiger partial charge in [-0.15, -0.1) is 0 Å². The van der Waals surface area contributed by atoms with Crippen LogP contribution in [0.5, 0.6) is 0 Å². The summed E-state index contributed by atoms with van der Waals surface area (Å²) in [5, 5.41) is -1.00. The summed E-state index contributed by atoms with van der Waals surface area (Å²) in [6.45, 7) is 1.62. The lowest BCUT2D eigenvalue weighted by Crippen LogP contribution is -2.42. The Balaban J connectivity index is 2.83. The van der Waals surface area contributed by atoms with Gasteiger partial charge in [-0.1, -0.05) is 30.3 Å². The van der Waals surface area contributed by atoms with E-state index in [4.69, 9.17) is 17.3 Å². The number of rotatable bonds is 4. The van der Waals surface area contributed by atoms with Gasteiger partial charge in [0, 0.05) is 12.2 Å². The van der Waals surface area contributed by atoms with Crippen LogP contribution in [0.25, 0.3) is 0 Å². The van der Waals surface area contributed by atoms with Gasteiger partial charge in [0.25, 0.3) is 0 Å². The molecule has 0 aliphatic carbocycles.